The molecule has 1 N–H and O–H groups in total. The van der Waals surface area contributed by atoms with Gasteiger partial charge in [0.1, 0.15) is 5.54 Å². The Bertz CT molecular complexity index is 822. The molecular weight excluding hydrogens is 398 g/mol. The van der Waals surface area contributed by atoms with E-state index in [2.05, 4.69) is 22.3 Å². The molecule has 4 amide bonds. The molecule has 3 saturated heterocycles. The number of hydrogen-bond donors (Lipinski definition) is 1. The van der Waals surface area contributed by atoms with Crippen molar-refractivity contribution in [1.29, 1.82) is 0 Å². The molecule has 4 heterocycles. The average molecular weight is 432 g/mol. The number of likely N-dealkylation sites (tertiary alicyclic amines) is 2. The lowest BCUT2D eigenvalue weighted by molar-refractivity contribution is -0.133. The molecule has 1 aromatic heterocycles. The van der Waals surface area contributed by atoms with E-state index < -0.39 is 5.54 Å². The van der Waals surface area contributed by atoms with Crippen molar-refractivity contribution >= 4 is 17.8 Å². The van der Waals surface area contributed by atoms with Gasteiger partial charge in [-0.3, -0.25) is 14.5 Å². The maximum Gasteiger partial charge on any atom is 0.325 e. The van der Waals surface area contributed by atoms with Gasteiger partial charge in [-0.25, -0.2) is 4.79 Å². The third-order valence-electron chi connectivity index (χ3n) is 6.97. The second-order valence-electron chi connectivity index (χ2n) is 9.04. The van der Waals surface area contributed by atoms with E-state index in [9.17, 15) is 14.4 Å². The number of urea groups is 1. The Labute approximate surface area is 183 Å². The van der Waals surface area contributed by atoms with E-state index in [1.54, 1.807) is 11.0 Å². The van der Waals surface area contributed by atoms with Gasteiger partial charge < -0.3 is 19.6 Å². The maximum atomic E-state index is 13.2. The van der Waals surface area contributed by atoms with Crippen LogP contribution in [-0.4, -0.2) is 82.5 Å². The van der Waals surface area contributed by atoms with E-state index >= 15 is 0 Å². The predicted molar refractivity (Wildman–Crippen MR) is 113 cm³/mol. The molecule has 170 valence electrons. The smallest absolute Gasteiger partial charge is 0.325 e. The molecule has 0 aromatic carbocycles. The molecule has 31 heavy (non-hydrogen) atoms. The van der Waals surface area contributed by atoms with Crippen molar-refractivity contribution in [2.75, 3.05) is 39.3 Å². The van der Waals surface area contributed by atoms with E-state index in [0.717, 1.165) is 51.0 Å². The molecule has 3 fully saturated rings. The molecule has 3 aliphatic rings. The van der Waals surface area contributed by atoms with Gasteiger partial charge in [0.25, 0.3) is 11.8 Å². The van der Waals surface area contributed by atoms with Crippen LogP contribution in [0.25, 0.3) is 0 Å². The van der Waals surface area contributed by atoms with Crippen molar-refractivity contribution < 1.29 is 18.9 Å². The number of carbonyl (C=O) groups excluding carboxylic acids is 3. The molecule has 3 aliphatic heterocycles. The number of aryl methyl sites for hydroxylation is 1. The molecule has 0 saturated carbocycles. The molecular formula is C22H33N5O4. The number of hydrogen-bond acceptors (Lipinski definition) is 6. The van der Waals surface area contributed by atoms with Crippen molar-refractivity contribution in [2.24, 2.45) is 5.92 Å². The van der Waals surface area contributed by atoms with Crippen molar-refractivity contribution in [1.82, 2.24) is 25.2 Å². The summed E-state index contributed by atoms with van der Waals surface area (Å²) in [5.74, 6) is 0.273. The highest BCUT2D eigenvalue weighted by molar-refractivity contribution is 6.07. The minimum atomic E-state index is -0.721. The molecule has 1 spiro atoms. The first-order chi connectivity index (χ1) is 15.0. The summed E-state index contributed by atoms with van der Waals surface area (Å²) in [6.07, 6.45) is 4.69. The number of amides is 4. The second kappa shape index (κ2) is 8.98. The highest BCUT2D eigenvalue weighted by Gasteiger charge is 2.52. The van der Waals surface area contributed by atoms with Crippen LogP contribution in [0.2, 0.25) is 0 Å². The van der Waals surface area contributed by atoms with E-state index in [1.807, 2.05) is 6.92 Å². The van der Waals surface area contributed by atoms with Gasteiger partial charge in [0, 0.05) is 38.8 Å². The molecule has 9 nitrogen and oxygen atoms in total. The predicted octanol–water partition coefficient (Wildman–Crippen LogP) is 1.89. The number of nitrogens with zero attached hydrogens (tertiary/aromatic N) is 4. The van der Waals surface area contributed by atoms with Gasteiger partial charge in [0.15, 0.2) is 0 Å². The summed E-state index contributed by atoms with van der Waals surface area (Å²) in [6, 6.07) is 1.44. The molecule has 9 heteroatoms. The molecule has 0 radical (unpaired) electrons. The Balaban J connectivity index is 1.30. The van der Waals surface area contributed by atoms with Gasteiger partial charge in [-0.05, 0) is 51.0 Å². The van der Waals surface area contributed by atoms with Crippen molar-refractivity contribution in [3.8, 4) is 0 Å². The minimum absolute atomic E-state index is 0.0686. The number of aromatic nitrogens is 1. The molecule has 0 unspecified atom stereocenters. The summed E-state index contributed by atoms with van der Waals surface area (Å²) in [7, 11) is 0. The summed E-state index contributed by atoms with van der Waals surface area (Å²) in [5, 5.41) is 6.90. The van der Waals surface area contributed by atoms with Crippen LogP contribution < -0.4 is 5.32 Å². The number of piperidine rings is 2. The van der Waals surface area contributed by atoms with E-state index in [4.69, 9.17) is 4.52 Å². The number of imide groups is 1. The van der Waals surface area contributed by atoms with E-state index in [-0.39, 0.29) is 29.5 Å². The Kier molecular flexibility index (Phi) is 6.31. The lowest BCUT2D eigenvalue weighted by Gasteiger charge is -2.37. The summed E-state index contributed by atoms with van der Waals surface area (Å²) in [4.78, 5) is 44.0. The van der Waals surface area contributed by atoms with Gasteiger partial charge in [-0.15, -0.1) is 0 Å². The minimum Gasteiger partial charge on any atom is -0.351 e. The van der Waals surface area contributed by atoms with Crippen LogP contribution in [0.3, 0.4) is 0 Å². The maximum absolute atomic E-state index is 13.2. The largest absolute Gasteiger partial charge is 0.351 e. The van der Waals surface area contributed by atoms with Crippen LogP contribution >= 0.6 is 0 Å². The van der Waals surface area contributed by atoms with Crippen LogP contribution in [0, 0.1) is 5.92 Å². The highest BCUT2D eigenvalue weighted by Crippen LogP contribution is 2.31. The summed E-state index contributed by atoms with van der Waals surface area (Å²) in [5.41, 5.74) is 0.0487. The normalized spacial score (nSPS) is 22.4. The topological polar surface area (TPSA) is 99.0 Å². The number of carbonyl (C=O) groups is 3. The van der Waals surface area contributed by atoms with Gasteiger partial charge >= 0.3 is 6.03 Å². The molecule has 0 atom stereocenters. The third kappa shape index (κ3) is 4.33. The summed E-state index contributed by atoms with van der Waals surface area (Å²) in [6.45, 7) is 8.44. The van der Waals surface area contributed by atoms with Gasteiger partial charge in [-0.2, -0.15) is 0 Å². The summed E-state index contributed by atoms with van der Waals surface area (Å²) >= 11 is 0. The Morgan fingerprint density at radius 1 is 1.19 bits per heavy atom. The van der Waals surface area contributed by atoms with Crippen LogP contribution in [-0.2, 0) is 11.2 Å². The second-order valence-corrected chi connectivity index (χ2v) is 9.04. The van der Waals surface area contributed by atoms with Crippen LogP contribution in [0.1, 0.15) is 62.2 Å². The first-order valence-electron chi connectivity index (χ1n) is 11.6. The lowest BCUT2D eigenvalue weighted by Crippen LogP contribution is -2.55. The van der Waals surface area contributed by atoms with E-state index in [1.165, 1.54) is 4.90 Å². The SMILES string of the molecule is CCCN1CCC2(CC1)NC(=O)N(CC1CCN(C(=O)c3cc(CC)no3)CC1)C2=O. The summed E-state index contributed by atoms with van der Waals surface area (Å²) < 4.78 is 5.17. The zero-order valence-corrected chi connectivity index (χ0v) is 18.6. The lowest BCUT2D eigenvalue weighted by atomic mass is 9.87. The fourth-order valence-electron chi connectivity index (χ4n) is 4.97. The van der Waals surface area contributed by atoms with Crippen molar-refractivity contribution in [2.45, 2.75) is 57.9 Å². The Morgan fingerprint density at radius 2 is 1.90 bits per heavy atom. The van der Waals surface area contributed by atoms with E-state index in [0.29, 0.717) is 32.5 Å². The first kappa shape index (κ1) is 21.8. The number of nitrogens with one attached hydrogen (secondary N) is 1. The Morgan fingerprint density at radius 3 is 2.52 bits per heavy atom. The van der Waals surface area contributed by atoms with Gasteiger partial charge in [-0.1, -0.05) is 19.0 Å². The third-order valence-corrected chi connectivity index (χ3v) is 6.97. The quantitative estimate of drug-likeness (QED) is 0.691. The fraction of sp³-hybridized carbons (Fsp3) is 0.727. The molecule has 0 aliphatic carbocycles. The highest BCUT2D eigenvalue weighted by atomic mass is 16.5. The zero-order valence-electron chi connectivity index (χ0n) is 18.6. The first-order valence-corrected chi connectivity index (χ1v) is 11.6. The Hall–Kier alpha value is -2.42. The molecule has 4 rings (SSSR count). The molecule has 0 bridgehead atoms. The van der Waals surface area contributed by atoms with Crippen molar-refractivity contribution in [3.05, 3.63) is 17.5 Å². The van der Waals surface area contributed by atoms with Crippen LogP contribution in [0.15, 0.2) is 10.6 Å². The van der Waals surface area contributed by atoms with Crippen molar-refractivity contribution in [3.63, 3.8) is 0 Å². The zero-order chi connectivity index (χ0) is 22.0. The average Bonchev–Trinajstić information content (AvgIpc) is 3.35. The van der Waals surface area contributed by atoms with Gasteiger partial charge in [0.05, 0.1) is 5.69 Å². The monoisotopic (exact) mass is 431 g/mol. The van der Waals surface area contributed by atoms with Crippen LogP contribution in [0.5, 0.6) is 0 Å². The molecule has 1 aromatic rings. The fourth-order valence-corrected chi connectivity index (χ4v) is 4.97. The number of rotatable bonds is 6. The standard InChI is InChI=1S/C22H33N5O4/c1-3-9-25-12-7-22(8-13-25)20(29)27(21(30)23-22)15-16-5-10-26(11-6-16)19(28)18-14-17(4-2)24-31-18/h14,16H,3-13,15H2,1-2H3,(H,23,30). The van der Waals surface area contributed by atoms with Gasteiger partial charge in [0.2, 0.25) is 5.76 Å². The van der Waals surface area contributed by atoms with Crippen LogP contribution in [0.4, 0.5) is 4.79 Å².